The van der Waals surface area contributed by atoms with Gasteiger partial charge in [-0.05, 0) is 23.9 Å². The Hall–Kier alpha value is -1.37. The molecule has 100 valence electrons. The Balaban J connectivity index is 2.29. The monoisotopic (exact) mass is 296 g/mol. The molecule has 0 aliphatic carbocycles. The van der Waals surface area contributed by atoms with E-state index in [4.69, 9.17) is 16.3 Å². The molecule has 2 aromatic rings. The van der Waals surface area contributed by atoms with Gasteiger partial charge in [-0.3, -0.25) is 0 Å². The number of ether oxygens (including phenoxy) is 1. The molecule has 19 heavy (non-hydrogen) atoms. The molecule has 0 saturated heterocycles. The maximum absolute atomic E-state index is 6.08. The van der Waals surface area contributed by atoms with Crippen LogP contribution in [0, 0.1) is 0 Å². The second-order valence-electron chi connectivity index (χ2n) is 3.58. The van der Waals surface area contributed by atoms with E-state index in [-0.39, 0.29) is 0 Å². The summed E-state index contributed by atoms with van der Waals surface area (Å²) in [5.41, 5.74) is 0. The highest BCUT2D eigenvalue weighted by molar-refractivity contribution is 7.99. The third-order valence-corrected chi connectivity index (χ3v) is 3.56. The van der Waals surface area contributed by atoms with Crippen LogP contribution in [-0.4, -0.2) is 29.1 Å². The van der Waals surface area contributed by atoms with E-state index in [2.05, 4.69) is 20.3 Å². The molecule has 1 N–H and O–H groups in total. The van der Waals surface area contributed by atoms with Crippen molar-refractivity contribution < 1.29 is 4.74 Å². The molecule has 0 spiro atoms. The minimum atomic E-state index is 0.360. The second-order valence-corrected chi connectivity index (χ2v) is 5.00. The molecule has 0 saturated carbocycles. The molecule has 0 aliphatic rings. The number of pyridine rings is 1. The fraction of sp³-hybridized carbons (Fsp3) is 0.250. The lowest BCUT2D eigenvalue weighted by Gasteiger charge is -2.07. The Morgan fingerprint density at radius 1 is 1.42 bits per heavy atom. The number of aromatic nitrogens is 3. The number of halogens is 1. The molecule has 2 heterocycles. The Labute approximate surface area is 120 Å². The first-order valence-corrected chi connectivity index (χ1v) is 6.75. The molecule has 0 fully saturated rings. The first-order valence-electron chi connectivity index (χ1n) is 5.56. The molecule has 0 aromatic carbocycles. The maximum Gasteiger partial charge on any atom is 0.157 e. The van der Waals surface area contributed by atoms with Crippen LogP contribution in [0.4, 0.5) is 5.82 Å². The van der Waals surface area contributed by atoms with Crippen molar-refractivity contribution in [3.63, 3.8) is 0 Å². The standard InChI is InChI=1S/C12H13ClN4OS/c1-14-9-6-11(17-10(16-9)7-18-2)19-12-8(13)4-3-5-15-12/h3-6H,7H2,1-2H3,(H,14,16,17). The zero-order chi connectivity index (χ0) is 13.7. The average molecular weight is 297 g/mol. The molecule has 0 radical (unpaired) electrons. The SMILES string of the molecule is CNc1cc(Sc2ncccc2Cl)nc(COC)n1. The number of rotatable bonds is 5. The van der Waals surface area contributed by atoms with Crippen LogP contribution in [0.5, 0.6) is 0 Å². The molecule has 0 aliphatic heterocycles. The molecular formula is C12H13ClN4OS. The molecule has 2 aromatic heterocycles. The summed E-state index contributed by atoms with van der Waals surface area (Å²) >= 11 is 7.48. The van der Waals surface area contributed by atoms with Gasteiger partial charge in [-0.2, -0.15) is 0 Å². The first kappa shape index (κ1) is 14.0. The highest BCUT2D eigenvalue weighted by atomic mass is 35.5. The number of anilines is 1. The van der Waals surface area contributed by atoms with Gasteiger partial charge in [-0.15, -0.1) is 0 Å². The van der Waals surface area contributed by atoms with Gasteiger partial charge < -0.3 is 10.1 Å². The lowest BCUT2D eigenvalue weighted by Crippen LogP contribution is -2.02. The van der Waals surface area contributed by atoms with Crippen LogP contribution in [-0.2, 0) is 11.3 Å². The van der Waals surface area contributed by atoms with E-state index in [1.54, 1.807) is 32.5 Å². The lowest BCUT2D eigenvalue weighted by molar-refractivity contribution is 0.177. The number of nitrogens with zero attached hydrogens (tertiary/aromatic N) is 3. The third-order valence-electron chi connectivity index (χ3n) is 2.20. The van der Waals surface area contributed by atoms with Crippen molar-refractivity contribution in [3.05, 3.63) is 35.2 Å². The van der Waals surface area contributed by atoms with Crippen molar-refractivity contribution in [1.82, 2.24) is 15.0 Å². The summed E-state index contributed by atoms with van der Waals surface area (Å²) in [4.78, 5) is 12.9. The summed E-state index contributed by atoms with van der Waals surface area (Å²) in [6, 6.07) is 5.43. The van der Waals surface area contributed by atoms with Crippen molar-refractivity contribution in [2.45, 2.75) is 16.7 Å². The van der Waals surface area contributed by atoms with Crippen molar-refractivity contribution in [2.24, 2.45) is 0 Å². The Kier molecular flexibility index (Phi) is 4.95. The average Bonchev–Trinajstić information content (AvgIpc) is 2.41. The van der Waals surface area contributed by atoms with Crippen molar-refractivity contribution in [3.8, 4) is 0 Å². The second kappa shape index (κ2) is 6.70. The van der Waals surface area contributed by atoms with Crippen LogP contribution in [0.3, 0.4) is 0 Å². The fourth-order valence-corrected chi connectivity index (χ4v) is 2.43. The number of nitrogens with one attached hydrogen (secondary N) is 1. The number of hydrogen-bond donors (Lipinski definition) is 1. The van der Waals surface area contributed by atoms with Crippen molar-refractivity contribution >= 4 is 29.2 Å². The summed E-state index contributed by atoms with van der Waals surface area (Å²) in [5.74, 6) is 1.35. The van der Waals surface area contributed by atoms with E-state index in [1.807, 2.05) is 6.07 Å². The minimum Gasteiger partial charge on any atom is -0.377 e. The van der Waals surface area contributed by atoms with E-state index in [1.165, 1.54) is 11.8 Å². The van der Waals surface area contributed by atoms with Crippen LogP contribution in [0.25, 0.3) is 0 Å². The predicted molar refractivity (Wildman–Crippen MR) is 75.7 cm³/mol. The lowest BCUT2D eigenvalue weighted by atomic mass is 10.5. The Morgan fingerprint density at radius 2 is 2.26 bits per heavy atom. The minimum absolute atomic E-state index is 0.360. The van der Waals surface area contributed by atoms with E-state index in [0.29, 0.717) is 22.5 Å². The highest BCUT2D eigenvalue weighted by Crippen LogP contribution is 2.30. The summed E-state index contributed by atoms with van der Waals surface area (Å²) in [7, 11) is 3.42. The first-order chi connectivity index (χ1) is 9.22. The van der Waals surface area contributed by atoms with Crippen LogP contribution < -0.4 is 5.32 Å². The Morgan fingerprint density at radius 3 is 2.95 bits per heavy atom. The zero-order valence-corrected chi connectivity index (χ0v) is 12.1. The molecule has 7 heteroatoms. The van der Waals surface area contributed by atoms with Gasteiger partial charge in [0.2, 0.25) is 0 Å². The zero-order valence-electron chi connectivity index (χ0n) is 10.6. The summed E-state index contributed by atoms with van der Waals surface area (Å²) in [6.07, 6.45) is 1.70. The van der Waals surface area contributed by atoms with Crippen molar-refractivity contribution in [2.75, 3.05) is 19.5 Å². The maximum atomic E-state index is 6.08. The van der Waals surface area contributed by atoms with E-state index < -0.39 is 0 Å². The Bertz CT molecular complexity index is 567. The predicted octanol–water partition coefficient (Wildman–Crippen LogP) is 2.86. The van der Waals surface area contributed by atoms with Gasteiger partial charge in [0.15, 0.2) is 5.82 Å². The molecular weight excluding hydrogens is 284 g/mol. The third kappa shape index (κ3) is 3.79. The molecule has 0 amide bonds. The van der Waals surface area contributed by atoms with E-state index in [0.717, 1.165) is 10.8 Å². The quantitative estimate of drug-likeness (QED) is 0.856. The van der Waals surface area contributed by atoms with Gasteiger partial charge in [0, 0.05) is 26.4 Å². The highest BCUT2D eigenvalue weighted by Gasteiger charge is 2.08. The molecule has 0 atom stereocenters. The molecule has 5 nitrogen and oxygen atoms in total. The van der Waals surface area contributed by atoms with E-state index in [9.17, 15) is 0 Å². The van der Waals surface area contributed by atoms with Gasteiger partial charge in [0.25, 0.3) is 0 Å². The van der Waals surface area contributed by atoms with Crippen LogP contribution in [0.1, 0.15) is 5.82 Å². The van der Waals surface area contributed by atoms with Crippen LogP contribution in [0.15, 0.2) is 34.4 Å². The normalized spacial score (nSPS) is 10.5. The van der Waals surface area contributed by atoms with Crippen molar-refractivity contribution in [1.29, 1.82) is 0 Å². The fourth-order valence-electron chi connectivity index (χ4n) is 1.39. The van der Waals surface area contributed by atoms with Gasteiger partial charge in [-0.1, -0.05) is 11.6 Å². The molecule has 0 unspecified atom stereocenters. The number of hydrogen-bond acceptors (Lipinski definition) is 6. The summed E-state index contributed by atoms with van der Waals surface area (Å²) in [5, 5.41) is 5.08. The van der Waals surface area contributed by atoms with Gasteiger partial charge in [0.05, 0.1) is 5.02 Å². The largest absolute Gasteiger partial charge is 0.377 e. The summed E-state index contributed by atoms with van der Waals surface area (Å²) in [6.45, 7) is 0.360. The molecule has 2 rings (SSSR count). The van der Waals surface area contributed by atoms with E-state index >= 15 is 0 Å². The summed E-state index contributed by atoms with van der Waals surface area (Å²) < 4.78 is 5.05. The van der Waals surface area contributed by atoms with Crippen LogP contribution >= 0.6 is 23.4 Å². The van der Waals surface area contributed by atoms with Crippen LogP contribution in [0.2, 0.25) is 5.02 Å². The molecule has 0 bridgehead atoms. The smallest absolute Gasteiger partial charge is 0.157 e. The van der Waals surface area contributed by atoms with Gasteiger partial charge >= 0.3 is 0 Å². The topological polar surface area (TPSA) is 59.9 Å². The van der Waals surface area contributed by atoms with Gasteiger partial charge in [0.1, 0.15) is 22.5 Å². The van der Waals surface area contributed by atoms with Gasteiger partial charge in [-0.25, -0.2) is 15.0 Å². The number of methoxy groups -OCH3 is 1.